The van der Waals surface area contributed by atoms with Crippen molar-refractivity contribution in [2.24, 2.45) is 5.41 Å². The summed E-state index contributed by atoms with van der Waals surface area (Å²) in [6.07, 6.45) is 21.8. The predicted molar refractivity (Wildman–Crippen MR) is 98.9 cm³/mol. The largest absolute Gasteiger partial charge is 0.237 e. The van der Waals surface area contributed by atoms with Gasteiger partial charge in [0.1, 0.15) is 0 Å². The highest BCUT2D eigenvalue weighted by Gasteiger charge is 2.08. The molecule has 0 heterocycles. The summed E-state index contributed by atoms with van der Waals surface area (Å²) in [6, 6.07) is 0. The zero-order chi connectivity index (χ0) is 16.5. The van der Waals surface area contributed by atoms with Crippen LogP contribution in [-0.4, -0.2) is 6.61 Å². The topological polar surface area (TPSA) is 19.9 Å². The van der Waals surface area contributed by atoms with Crippen LogP contribution in [0.5, 0.6) is 0 Å². The minimum absolute atomic E-state index is 0.122. The Kier molecular flexibility index (Phi) is 15.8. The Labute approximate surface area is 141 Å². The van der Waals surface area contributed by atoms with Crippen molar-refractivity contribution in [2.45, 2.75) is 124 Å². The maximum atomic E-state index is 10.3. The van der Waals surface area contributed by atoms with Crippen LogP contribution in [0.3, 0.4) is 0 Å². The van der Waals surface area contributed by atoms with Gasteiger partial charge in [-0.3, -0.25) is 0 Å². The minimum atomic E-state index is 0.122. The van der Waals surface area contributed by atoms with Crippen LogP contribution in [0.2, 0.25) is 0 Å². The van der Waals surface area contributed by atoms with Crippen molar-refractivity contribution < 1.29 is 5.11 Å². The van der Waals surface area contributed by atoms with Crippen LogP contribution in [0.4, 0.5) is 0 Å². The zero-order valence-corrected chi connectivity index (χ0v) is 15.9. The van der Waals surface area contributed by atoms with Crippen molar-refractivity contribution in [1.29, 1.82) is 0 Å². The standard InChI is InChI=1S/C21H43O/c1-21(2,3)19-17-15-13-11-9-7-5-4-6-8-10-12-14-16-18-20-22/h4-20H2,1-3H3. The molecule has 0 aromatic rings. The number of unbranched alkanes of at least 4 members (excludes halogenated alkanes) is 14. The van der Waals surface area contributed by atoms with Crippen molar-refractivity contribution in [3.63, 3.8) is 0 Å². The van der Waals surface area contributed by atoms with Gasteiger partial charge in [0.25, 0.3) is 0 Å². The molecule has 0 bridgehead atoms. The monoisotopic (exact) mass is 311 g/mol. The van der Waals surface area contributed by atoms with Crippen molar-refractivity contribution >= 4 is 0 Å². The maximum absolute atomic E-state index is 10.3. The van der Waals surface area contributed by atoms with E-state index in [1.807, 2.05) is 0 Å². The van der Waals surface area contributed by atoms with E-state index in [9.17, 15) is 5.11 Å². The second-order valence-corrected chi connectivity index (χ2v) is 8.32. The molecule has 0 saturated carbocycles. The zero-order valence-electron chi connectivity index (χ0n) is 15.9. The van der Waals surface area contributed by atoms with Gasteiger partial charge in [0.15, 0.2) is 0 Å². The van der Waals surface area contributed by atoms with Gasteiger partial charge in [0, 0.05) is 0 Å². The molecule has 1 radical (unpaired) electrons. The van der Waals surface area contributed by atoms with Crippen molar-refractivity contribution in [3.8, 4) is 0 Å². The Hall–Kier alpha value is -0.0400. The van der Waals surface area contributed by atoms with E-state index in [-0.39, 0.29) is 6.61 Å². The van der Waals surface area contributed by atoms with Crippen LogP contribution in [0, 0.1) is 5.41 Å². The van der Waals surface area contributed by atoms with Gasteiger partial charge in [-0.05, 0) is 18.3 Å². The van der Waals surface area contributed by atoms with Crippen molar-refractivity contribution in [3.05, 3.63) is 0 Å². The summed E-state index contributed by atoms with van der Waals surface area (Å²) in [7, 11) is 0. The Morgan fingerprint density at radius 3 is 1.00 bits per heavy atom. The van der Waals surface area contributed by atoms with E-state index < -0.39 is 0 Å². The third-order valence-corrected chi connectivity index (χ3v) is 4.57. The summed E-state index contributed by atoms with van der Waals surface area (Å²) in [4.78, 5) is 0. The third-order valence-electron chi connectivity index (χ3n) is 4.57. The molecule has 0 aliphatic heterocycles. The van der Waals surface area contributed by atoms with Gasteiger partial charge in [0.05, 0.1) is 6.61 Å². The molecule has 0 atom stereocenters. The molecule has 0 spiro atoms. The Morgan fingerprint density at radius 2 is 0.727 bits per heavy atom. The molecule has 0 saturated heterocycles. The molecule has 0 fully saturated rings. The Balaban J connectivity index is 3.00. The first kappa shape index (κ1) is 22.0. The lowest BCUT2D eigenvalue weighted by Gasteiger charge is -2.17. The van der Waals surface area contributed by atoms with Gasteiger partial charge in [-0.2, -0.15) is 0 Å². The fraction of sp³-hybridized carbons (Fsp3) is 1.00. The summed E-state index contributed by atoms with van der Waals surface area (Å²) in [5.41, 5.74) is 0.524. The van der Waals surface area contributed by atoms with Crippen LogP contribution >= 0.6 is 0 Å². The molecule has 0 N–H and O–H groups in total. The van der Waals surface area contributed by atoms with Gasteiger partial charge in [-0.25, -0.2) is 5.11 Å². The van der Waals surface area contributed by atoms with E-state index in [0.29, 0.717) is 5.41 Å². The highest BCUT2D eigenvalue weighted by molar-refractivity contribution is 4.61. The molecule has 0 aromatic carbocycles. The summed E-state index contributed by atoms with van der Waals surface area (Å²) < 4.78 is 0. The molecule has 0 amide bonds. The number of hydrogen-bond donors (Lipinski definition) is 0. The predicted octanol–water partition coefficient (Wildman–Crippen LogP) is 7.70. The van der Waals surface area contributed by atoms with Crippen LogP contribution in [0.1, 0.15) is 124 Å². The molecule has 133 valence electrons. The van der Waals surface area contributed by atoms with Gasteiger partial charge in [-0.1, -0.05) is 111 Å². The van der Waals surface area contributed by atoms with Gasteiger partial charge < -0.3 is 0 Å². The maximum Gasteiger partial charge on any atom is 0.0822 e. The first-order valence-corrected chi connectivity index (χ1v) is 10.1. The van der Waals surface area contributed by atoms with Gasteiger partial charge >= 0.3 is 0 Å². The first-order valence-electron chi connectivity index (χ1n) is 10.1. The van der Waals surface area contributed by atoms with E-state index in [4.69, 9.17) is 0 Å². The molecular weight excluding hydrogens is 268 g/mol. The van der Waals surface area contributed by atoms with Gasteiger partial charge in [-0.15, -0.1) is 0 Å². The quantitative estimate of drug-likeness (QED) is 0.260. The summed E-state index contributed by atoms with van der Waals surface area (Å²) in [5.74, 6) is 0. The molecule has 22 heavy (non-hydrogen) atoms. The van der Waals surface area contributed by atoms with Gasteiger partial charge in [0.2, 0.25) is 0 Å². The fourth-order valence-corrected chi connectivity index (χ4v) is 3.06. The summed E-state index contributed by atoms with van der Waals surface area (Å²) >= 11 is 0. The molecule has 1 nitrogen and oxygen atoms in total. The molecule has 0 aromatic heterocycles. The first-order chi connectivity index (χ1) is 10.6. The molecule has 1 heteroatoms. The molecule has 0 unspecified atom stereocenters. The Morgan fingerprint density at radius 1 is 0.455 bits per heavy atom. The van der Waals surface area contributed by atoms with E-state index in [0.717, 1.165) is 12.8 Å². The Bertz CT molecular complexity index is 204. The normalized spacial score (nSPS) is 12.0. The van der Waals surface area contributed by atoms with Crippen LogP contribution in [0.25, 0.3) is 0 Å². The van der Waals surface area contributed by atoms with Crippen molar-refractivity contribution in [2.75, 3.05) is 6.61 Å². The summed E-state index contributed by atoms with van der Waals surface area (Å²) in [5, 5.41) is 10.3. The van der Waals surface area contributed by atoms with E-state index >= 15 is 0 Å². The number of hydrogen-bond acceptors (Lipinski definition) is 0. The van der Waals surface area contributed by atoms with Crippen LogP contribution in [-0.2, 0) is 5.11 Å². The van der Waals surface area contributed by atoms with E-state index in [2.05, 4.69) is 20.8 Å². The average molecular weight is 312 g/mol. The number of rotatable bonds is 16. The molecule has 0 rings (SSSR count). The lowest BCUT2D eigenvalue weighted by Crippen LogP contribution is -2.03. The van der Waals surface area contributed by atoms with E-state index in [1.165, 1.54) is 89.9 Å². The molecule has 0 aliphatic rings. The van der Waals surface area contributed by atoms with Crippen molar-refractivity contribution in [1.82, 2.24) is 0 Å². The minimum Gasteiger partial charge on any atom is -0.237 e. The lowest BCUT2D eigenvalue weighted by atomic mass is 9.89. The van der Waals surface area contributed by atoms with E-state index in [1.54, 1.807) is 0 Å². The second-order valence-electron chi connectivity index (χ2n) is 8.32. The highest BCUT2D eigenvalue weighted by atomic mass is 16.2. The SMILES string of the molecule is CC(C)(C)CCCCCCCCCCCCCCCCC[O]. The smallest absolute Gasteiger partial charge is 0.0822 e. The lowest BCUT2D eigenvalue weighted by molar-refractivity contribution is 0.186. The molecule has 0 aliphatic carbocycles. The molecular formula is C21H43O. The third kappa shape index (κ3) is 20.0. The highest BCUT2D eigenvalue weighted by Crippen LogP contribution is 2.22. The fourth-order valence-electron chi connectivity index (χ4n) is 3.06. The van der Waals surface area contributed by atoms with Crippen LogP contribution < -0.4 is 0 Å². The van der Waals surface area contributed by atoms with Crippen LogP contribution in [0.15, 0.2) is 0 Å². The second kappa shape index (κ2) is 15.8. The average Bonchev–Trinajstić information content (AvgIpc) is 2.45. The summed E-state index contributed by atoms with van der Waals surface area (Å²) in [6.45, 7) is 7.16.